The number of Topliss-reactive ketones (excluding diaryl/α,β-unsaturated/α-hetero) is 1. The SMILES string of the molecule is Cc1ccc(C)c(C(=O)C2CCC(C)O2)c1. The van der Waals surface area contributed by atoms with E-state index in [-0.39, 0.29) is 18.0 Å². The summed E-state index contributed by atoms with van der Waals surface area (Å²) in [5.41, 5.74) is 2.98. The molecule has 2 atom stereocenters. The molecule has 2 heteroatoms. The summed E-state index contributed by atoms with van der Waals surface area (Å²) >= 11 is 0. The predicted octanol–water partition coefficient (Wildman–Crippen LogP) is 3.05. The topological polar surface area (TPSA) is 26.3 Å². The average molecular weight is 218 g/mol. The van der Waals surface area contributed by atoms with E-state index in [1.165, 1.54) is 0 Å². The lowest BCUT2D eigenvalue weighted by Crippen LogP contribution is -2.21. The molecule has 1 aliphatic rings. The summed E-state index contributed by atoms with van der Waals surface area (Å²) < 4.78 is 5.62. The lowest BCUT2D eigenvalue weighted by molar-refractivity contribution is 0.0433. The van der Waals surface area contributed by atoms with Crippen LogP contribution >= 0.6 is 0 Å². The van der Waals surface area contributed by atoms with Crippen molar-refractivity contribution in [3.63, 3.8) is 0 Å². The van der Waals surface area contributed by atoms with Gasteiger partial charge in [-0.05, 0) is 45.2 Å². The molecule has 16 heavy (non-hydrogen) atoms. The Bertz CT molecular complexity index is 409. The molecule has 2 nitrogen and oxygen atoms in total. The van der Waals surface area contributed by atoms with Crippen molar-refractivity contribution in [2.45, 2.75) is 45.8 Å². The Labute approximate surface area is 96.6 Å². The summed E-state index contributed by atoms with van der Waals surface area (Å²) in [4.78, 5) is 12.2. The Hall–Kier alpha value is -1.15. The van der Waals surface area contributed by atoms with Gasteiger partial charge >= 0.3 is 0 Å². The molecular weight excluding hydrogens is 200 g/mol. The molecule has 1 fully saturated rings. The number of benzene rings is 1. The van der Waals surface area contributed by atoms with Crippen LogP contribution < -0.4 is 0 Å². The zero-order chi connectivity index (χ0) is 11.7. The zero-order valence-electron chi connectivity index (χ0n) is 10.1. The number of aryl methyl sites for hydroxylation is 2. The van der Waals surface area contributed by atoms with E-state index in [0.717, 1.165) is 29.5 Å². The van der Waals surface area contributed by atoms with E-state index in [1.807, 2.05) is 39.0 Å². The molecule has 0 bridgehead atoms. The van der Waals surface area contributed by atoms with Crippen molar-refractivity contribution in [1.82, 2.24) is 0 Å². The van der Waals surface area contributed by atoms with Crippen molar-refractivity contribution in [2.75, 3.05) is 0 Å². The van der Waals surface area contributed by atoms with Gasteiger partial charge in [0.25, 0.3) is 0 Å². The maximum Gasteiger partial charge on any atom is 0.191 e. The fourth-order valence-electron chi connectivity index (χ4n) is 2.17. The third-order valence-electron chi connectivity index (χ3n) is 3.18. The molecule has 1 aromatic carbocycles. The highest BCUT2D eigenvalue weighted by atomic mass is 16.5. The van der Waals surface area contributed by atoms with Crippen LogP contribution in [0.15, 0.2) is 18.2 Å². The van der Waals surface area contributed by atoms with Crippen LogP contribution in [0.5, 0.6) is 0 Å². The highest BCUT2D eigenvalue weighted by molar-refractivity contribution is 6.01. The first-order valence-corrected chi connectivity index (χ1v) is 5.85. The highest BCUT2D eigenvalue weighted by Gasteiger charge is 2.29. The zero-order valence-corrected chi connectivity index (χ0v) is 10.1. The van der Waals surface area contributed by atoms with E-state index >= 15 is 0 Å². The van der Waals surface area contributed by atoms with Crippen LogP contribution in [0.1, 0.15) is 41.3 Å². The smallest absolute Gasteiger partial charge is 0.191 e. The van der Waals surface area contributed by atoms with Gasteiger partial charge in [-0.2, -0.15) is 0 Å². The molecule has 1 aromatic rings. The van der Waals surface area contributed by atoms with Crippen molar-refractivity contribution >= 4 is 5.78 Å². The third-order valence-corrected chi connectivity index (χ3v) is 3.18. The lowest BCUT2D eigenvalue weighted by atomic mass is 9.98. The Kier molecular flexibility index (Phi) is 3.10. The van der Waals surface area contributed by atoms with Crippen LogP contribution in [0.25, 0.3) is 0 Å². The molecule has 0 N–H and O–H groups in total. The Balaban J connectivity index is 2.23. The first-order valence-electron chi connectivity index (χ1n) is 5.85. The highest BCUT2D eigenvalue weighted by Crippen LogP contribution is 2.24. The van der Waals surface area contributed by atoms with E-state index in [2.05, 4.69) is 0 Å². The Morgan fingerprint density at radius 2 is 2.06 bits per heavy atom. The summed E-state index contributed by atoms with van der Waals surface area (Å²) in [6.45, 7) is 6.01. The number of rotatable bonds is 2. The molecule has 0 aromatic heterocycles. The molecule has 2 unspecified atom stereocenters. The normalized spacial score (nSPS) is 24.7. The second kappa shape index (κ2) is 4.38. The fourth-order valence-corrected chi connectivity index (χ4v) is 2.17. The van der Waals surface area contributed by atoms with Gasteiger partial charge in [0.2, 0.25) is 0 Å². The number of ether oxygens (including phenoxy) is 1. The predicted molar refractivity (Wildman–Crippen MR) is 63.8 cm³/mol. The molecule has 0 aliphatic carbocycles. The second-order valence-corrected chi connectivity index (χ2v) is 4.70. The standard InChI is InChI=1S/C14H18O2/c1-9-4-5-10(2)12(8-9)14(15)13-7-6-11(3)16-13/h4-5,8,11,13H,6-7H2,1-3H3. The van der Waals surface area contributed by atoms with E-state index in [4.69, 9.17) is 4.74 Å². The van der Waals surface area contributed by atoms with Gasteiger partial charge in [-0.1, -0.05) is 17.7 Å². The quantitative estimate of drug-likeness (QED) is 0.713. The van der Waals surface area contributed by atoms with Crippen LogP contribution in [0, 0.1) is 13.8 Å². The molecular formula is C14H18O2. The maximum absolute atomic E-state index is 12.2. The molecule has 0 saturated carbocycles. The van der Waals surface area contributed by atoms with Gasteiger partial charge in [0.15, 0.2) is 5.78 Å². The molecule has 1 saturated heterocycles. The third kappa shape index (κ3) is 2.17. The van der Waals surface area contributed by atoms with Gasteiger partial charge in [-0.3, -0.25) is 4.79 Å². The van der Waals surface area contributed by atoms with Crippen LogP contribution in [-0.2, 0) is 4.74 Å². The summed E-state index contributed by atoms with van der Waals surface area (Å²) in [7, 11) is 0. The number of hydrogen-bond donors (Lipinski definition) is 0. The summed E-state index contributed by atoms with van der Waals surface area (Å²) in [5, 5.41) is 0. The first-order chi connectivity index (χ1) is 7.58. The molecule has 0 radical (unpaired) electrons. The Morgan fingerprint density at radius 3 is 2.69 bits per heavy atom. The van der Waals surface area contributed by atoms with E-state index in [1.54, 1.807) is 0 Å². The minimum absolute atomic E-state index is 0.144. The monoisotopic (exact) mass is 218 g/mol. The minimum Gasteiger partial charge on any atom is -0.367 e. The van der Waals surface area contributed by atoms with E-state index < -0.39 is 0 Å². The number of carbonyl (C=O) groups excluding carboxylic acids is 1. The van der Waals surface area contributed by atoms with Gasteiger partial charge in [0.1, 0.15) is 6.10 Å². The molecule has 86 valence electrons. The van der Waals surface area contributed by atoms with Crippen molar-refractivity contribution in [1.29, 1.82) is 0 Å². The van der Waals surface area contributed by atoms with Crippen LogP contribution in [-0.4, -0.2) is 18.0 Å². The van der Waals surface area contributed by atoms with Crippen molar-refractivity contribution in [3.05, 3.63) is 34.9 Å². The summed E-state index contributed by atoms with van der Waals surface area (Å²) in [6.07, 6.45) is 1.84. The molecule has 1 heterocycles. The molecule has 0 amide bonds. The number of hydrogen-bond acceptors (Lipinski definition) is 2. The van der Waals surface area contributed by atoms with Gasteiger partial charge in [-0.25, -0.2) is 0 Å². The van der Waals surface area contributed by atoms with Crippen LogP contribution in [0.3, 0.4) is 0 Å². The largest absolute Gasteiger partial charge is 0.367 e. The van der Waals surface area contributed by atoms with Gasteiger partial charge in [0.05, 0.1) is 6.10 Å². The van der Waals surface area contributed by atoms with E-state index in [0.29, 0.717) is 0 Å². The Morgan fingerprint density at radius 1 is 1.31 bits per heavy atom. The van der Waals surface area contributed by atoms with Crippen LogP contribution in [0.2, 0.25) is 0 Å². The average Bonchev–Trinajstić information content (AvgIpc) is 2.67. The maximum atomic E-state index is 12.2. The van der Waals surface area contributed by atoms with Crippen LogP contribution in [0.4, 0.5) is 0 Å². The summed E-state index contributed by atoms with van der Waals surface area (Å²) in [5.74, 6) is 0.144. The molecule has 1 aliphatic heterocycles. The number of ketones is 1. The van der Waals surface area contributed by atoms with Crippen molar-refractivity contribution < 1.29 is 9.53 Å². The lowest BCUT2D eigenvalue weighted by Gasteiger charge is -2.12. The van der Waals surface area contributed by atoms with Gasteiger partial charge < -0.3 is 4.74 Å². The minimum atomic E-state index is -0.226. The summed E-state index contributed by atoms with van der Waals surface area (Å²) in [6, 6.07) is 6.00. The fraction of sp³-hybridized carbons (Fsp3) is 0.500. The second-order valence-electron chi connectivity index (χ2n) is 4.70. The van der Waals surface area contributed by atoms with E-state index in [9.17, 15) is 4.79 Å². The first kappa shape index (κ1) is 11.3. The van der Waals surface area contributed by atoms with Gasteiger partial charge in [-0.15, -0.1) is 0 Å². The van der Waals surface area contributed by atoms with Crippen molar-refractivity contribution in [3.8, 4) is 0 Å². The van der Waals surface area contributed by atoms with Crippen molar-refractivity contribution in [2.24, 2.45) is 0 Å². The molecule has 0 spiro atoms. The van der Waals surface area contributed by atoms with Gasteiger partial charge in [0, 0.05) is 5.56 Å². The molecule has 2 rings (SSSR count). The number of carbonyl (C=O) groups is 1.